The number of nitrogens with zero attached hydrogens (tertiary/aromatic N) is 3. The van der Waals surface area contributed by atoms with E-state index < -0.39 is 5.54 Å². The van der Waals surface area contributed by atoms with Crippen LogP contribution in [0.3, 0.4) is 0 Å². The molecule has 116 valence electrons. The third-order valence-electron chi connectivity index (χ3n) is 4.34. The summed E-state index contributed by atoms with van der Waals surface area (Å²) in [7, 11) is 0. The number of aromatic nitrogens is 2. The maximum Gasteiger partial charge on any atom is 0.106 e. The molecule has 1 N–H and O–H groups in total. The predicted octanol–water partition coefficient (Wildman–Crippen LogP) is 3.13. The van der Waals surface area contributed by atoms with Crippen molar-refractivity contribution in [1.82, 2.24) is 14.9 Å². The fourth-order valence-corrected chi connectivity index (χ4v) is 3.42. The Morgan fingerprint density at radius 1 is 1.38 bits per heavy atom. The first-order chi connectivity index (χ1) is 9.95. The first-order valence-electron chi connectivity index (χ1n) is 8.19. The average molecular weight is 288 g/mol. The van der Waals surface area contributed by atoms with E-state index in [-0.39, 0.29) is 0 Å². The van der Waals surface area contributed by atoms with Crippen LogP contribution in [0.5, 0.6) is 0 Å². The summed E-state index contributed by atoms with van der Waals surface area (Å²) in [6.45, 7) is 9.26. The van der Waals surface area contributed by atoms with Gasteiger partial charge in [0.1, 0.15) is 11.4 Å². The molecule has 0 aliphatic heterocycles. The lowest BCUT2D eigenvalue weighted by molar-refractivity contribution is 0.362. The lowest BCUT2D eigenvalue weighted by Gasteiger charge is -2.26. The van der Waals surface area contributed by atoms with Gasteiger partial charge in [-0.15, -0.1) is 0 Å². The summed E-state index contributed by atoms with van der Waals surface area (Å²) in [5.41, 5.74) is 2.32. The summed E-state index contributed by atoms with van der Waals surface area (Å²) in [4.78, 5) is 4.72. The van der Waals surface area contributed by atoms with Gasteiger partial charge in [-0.2, -0.15) is 5.26 Å². The number of fused-ring (bicyclic) bond motifs is 1. The van der Waals surface area contributed by atoms with Crippen LogP contribution in [-0.2, 0) is 19.4 Å². The van der Waals surface area contributed by atoms with Crippen molar-refractivity contribution < 1.29 is 0 Å². The highest BCUT2D eigenvalue weighted by molar-refractivity contribution is 5.19. The van der Waals surface area contributed by atoms with Crippen LogP contribution >= 0.6 is 0 Å². The second-order valence-electron chi connectivity index (χ2n) is 6.76. The molecule has 1 atom stereocenters. The van der Waals surface area contributed by atoms with Crippen molar-refractivity contribution in [2.24, 2.45) is 0 Å². The van der Waals surface area contributed by atoms with Crippen molar-refractivity contribution in [3.8, 4) is 6.07 Å². The zero-order valence-corrected chi connectivity index (χ0v) is 13.9. The summed E-state index contributed by atoms with van der Waals surface area (Å²) in [6, 6.07) is 2.76. The molecule has 21 heavy (non-hydrogen) atoms. The average Bonchev–Trinajstić information content (AvgIpc) is 2.74. The van der Waals surface area contributed by atoms with E-state index in [9.17, 15) is 5.26 Å². The maximum atomic E-state index is 9.41. The molecular weight excluding hydrogens is 260 g/mol. The van der Waals surface area contributed by atoms with Crippen molar-refractivity contribution in [2.75, 3.05) is 0 Å². The molecular formula is C17H28N4. The first-order valence-corrected chi connectivity index (χ1v) is 8.19. The van der Waals surface area contributed by atoms with Gasteiger partial charge in [0, 0.05) is 18.3 Å². The number of nitrogens with one attached hydrogen (secondary N) is 1. The lowest BCUT2D eigenvalue weighted by Crippen LogP contribution is -2.45. The molecule has 2 rings (SSSR count). The zero-order valence-electron chi connectivity index (χ0n) is 13.9. The molecule has 1 aliphatic carbocycles. The third kappa shape index (κ3) is 3.85. The van der Waals surface area contributed by atoms with Crippen LogP contribution in [0.15, 0.2) is 0 Å². The van der Waals surface area contributed by atoms with Crippen molar-refractivity contribution >= 4 is 0 Å². The number of aryl methyl sites for hydroxylation is 2. The Bertz CT molecular complexity index is 524. The Labute approximate surface area is 128 Å². The van der Waals surface area contributed by atoms with Crippen LogP contribution < -0.4 is 5.32 Å². The van der Waals surface area contributed by atoms with Crippen molar-refractivity contribution in [3.63, 3.8) is 0 Å². The molecule has 0 fully saturated rings. The van der Waals surface area contributed by atoms with Crippen molar-refractivity contribution in [2.45, 2.75) is 84.3 Å². The summed E-state index contributed by atoms with van der Waals surface area (Å²) in [6.07, 6.45) is 6.72. The minimum Gasteiger partial charge on any atom is -0.332 e. The quantitative estimate of drug-likeness (QED) is 0.875. The molecule has 0 saturated heterocycles. The largest absolute Gasteiger partial charge is 0.332 e. The van der Waals surface area contributed by atoms with Gasteiger partial charge >= 0.3 is 0 Å². The van der Waals surface area contributed by atoms with E-state index in [1.54, 1.807) is 0 Å². The zero-order chi connectivity index (χ0) is 15.5. The Kier molecular flexibility index (Phi) is 5.05. The van der Waals surface area contributed by atoms with Gasteiger partial charge in [-0.05, 0) is 66.2 Å². The number of rotatable bonds is 6. The van der Waals surface area contributed by atoms with Crippen LogP contribution in [0.4, 0.5) is 0 Å². The number of hydrogen-bond donors (Lipinski definition) is 1. The van der Waals surface area contributed by atoms with Gasteiger partial charge in [0.2, 0.25) is 0 Å². The highest BCUT2D eigenvalue weighted by Gasteiger charge is 2.24. The van der Waals surface area contributed by atoms with E-state index in [1.165, 1.54) is 24.2 Å². The van der Waals surface area contributed by atoms with Crippen LogP contribution in [0.2, 0.25) is 0 Å². The number of nitriles is 1. The fraction of sp³-hybridized carbons (Fsp3) is 0.765. The smallest absolute Gasteiger partial charge is 0.106 e. The second kappa shape index (κ2) is 6.62. The Hall–Kier alpha value is -1.34. The summed E-state index contributed by atoms with van der Waals surface area (Å²) < 4.78 is 2.38. The molecule has 0 aromatic carbocycles. The molecule has 0 spiro atoms. The van der Waals surface area contributed by atoms with E-state index in [0.29, 0.717) is 6.04 Å². The summed E-state index contributed by atoms with van der Waals surface area (Å²) in [5.74, 6) is 1.14. The van der Waals surface area contributed by atoms with Gasteiger partial charge in [-0.3, -0.25) is 5.32 Å². The Balaban J connectivity index is 1.98. The van der Waals surface area contributed by atoms with Crippen LogP contribution in [0, 0.1) is 18.3 Å². The molecule has 1 aromatic rings. The minimum absolute atomic E-state index is 0.331. The lowest BCUT2D eigenvalue weighted by atomic mass is 9.96. The summed E-state index contributed by atoms with van der Waals surface area (Å²) in [5, 5.41) is 12.8. The maximum absolute atomic E-state index is 9.41. The van der Waals surface area contributed by atoms with Crippen molar-refractivity contribution in [3.05, 3.63) is 17.2 Å². The Morgan fingerprint density at radius 2 is 2.10 bits per heavy atom. The first kappa shape index (κ1) is 16.0. The van der Waals surface area contributed by atoms with E-state index >= 15 is 0 Å². The number of hydrogen-bond acceptors (Lipinski definition) is 3. The molecule has 1 unspecified atom stereocenters. The van der Waals surface area contributed by atoms with Gasteiger partial charge in [0.05, 0.1) is 11.8 Å². The van der Waals surface area contributed by atoms with E-state index in [2.05, 4.69) is 36.7 Å². The van der Waals surface area contributed by atoms with Gasteiger partial charge < -0.3 is 4.57 Å². The van der Waals surface area contributed by atoms with Gasteiger partial charge in [-0.25, -0.2) is 4.98 Å². The molecule has 0 radical (unpaired) electrons. The number of imidazole rings is 1. The molecule has 1 aliphatic rings. The van der Waals surface area contributed by atoms with E-state index in [0.717, 1.165) is 38.1 Å². The van der Waals surface area contributed by atoms with Gasteiger partial charge in [-0.1, -0.05) is 0 Å². The minimum atomic E-state index is -0.428. The molecule has 0 bridgehead atoms. The third-order valence-corrected chi connectivity index (χ3v) is 4.34. The molecule has 0 amide bonds. The molecule has 4 nitrogen and oxygen atoms in total. The molecule has 1 aromatic heterocycles. The standard InChI is InChI=1S/C17H28N4/c1-13(2)20-17(4,12-18)10-7-11-21-14(3)19-15-8-5-6-9-16(15)21/h13,20H,5-11H2,1-4H3. The van der Waals surface area contributed by atoms with Crippen molar-refractivity contribution in [1.29, 1.82) is 5.26 Å². The van der Waals surface area contributed by atoms with Crippen LogP contribution in [-0.4, -0.2) is 21.1 Å². The summed E-state index contributed by atoms with van der Waals surface area (Å²) >= 11 is 0. The van der Waals surface area contributed by atoms with Crippen LogP contribution in [0.1, 0.15) is 63.7 Å². The molecule has 4 heteroatoms. The van der Waals surface area contributed by atoms with Gasteiger partial charge in [0.25, 0.3) is 0 Å². The highest BCUT2D eigenvalue weighted by Crippen LogP contribution is 2.23. The SMILES string of the molecule is Cc1nc2c(n1CCCC(C)(C#N)NC(C)C)CCCC2. The Morgan fingerprint density at radius 3 is 2.76 bits per heavy atom. The van der Waals surface area contributed by atoms with E-state index in [1.807, 2.05) is 6.92 Å². The van der Waals surface area contributed by atoms with E-state index in [4.69, 9.17) is 4.98 Å². The normalized spacial score (nSPS) is 17.3. The fourth-order valence-electron chi connectivity index (χ4n) is 3.42. The predicted molar refractivity (Wildman–Crippen MR) is 85.1 cm³/mol. The van der Waals surface area contributed by atoms with Crippen LogP contribution in [0.25, 0.3) is 0 Å². The highest BCUT2D eigenvalue weighted by atomic mass is 15.1. The molecule has 0 saturated carbocycles. The van der Waals surface area contributed by atoms with Gasteiger partial charge in [0.15, 0.2) is 0 Å². The second-order valence-corrected chi connectivity index (χ2v) is 6.76. The topological polar surface area (TPSA) is 53.6 Å². The molecule has 1 heterocycles. The monoisotopic (exact) mass is 288 g/mol.